The molecular weight excluding hydrogens is 397 g/mol. The molecule has 0 bridgehead atoms. The predicted molar refractivity (Wildman–Crippen MR) is 87.3 cm³/mol. The number of likely N-dealkylation sites (N-methyl/N-ethyl adjacent to an activating group) is 1. The Morgan fingerprint density at radius 3 is 2.32 bits per heavy atom. The van der Waals surface area contributed by atoms with Crippen LogP contribution in [0.25, 0.3) is 0 Å². The minimum Gasteiger partial charge on any atom is -0.425 e. The largest absolute Gasteiger partial charge is 0.425 e. The Kier molecular flexibility index (Phi) is 7.89. The number of hydrogen-bond donors (Lipinski definition) is 1. The number of rotatable bonds is 4. The molecule has 0 saturated heterocycles. The highest BCUT2D eigenvalue weighted by molar-refractivity contribution is 9.11. The van der Waals surface area contributed by atoms with Crippen LogP contribution in [0.1, 0.15) is 24.2 Å². The molecule has 3 nitrogen and oxygen atoms in total. The maximum Gasteiger partial charge on any atom is 0.343 e. The fourth-order valence-electron chi connectivity index (χ4n) is 1.15. The minimum atomic E-state index is -0.439. The summed E-state index contributed by atoms with van der Waals surface area (Å²) >= 11 is 8.97. The van der Waals surface area contributed by atoms with Crippen molar-refractivity contribution in [3.63, 3.8) is 0 Å². The molecule has 0 spiro atoms. The van der Waals surface area contributed by atoms with Crippen LogP contribution in [0.3, 0.4) is 0 Å². The average molecular weight is 414 g/mol. The van der Waals surface area contributed by atoms with Gasteiger partial charge >= 0.3 is 5.97 Å². The van der Waals surface area contributed by atoms with Gasteiger partial charge in [0.15, 0.2) is 0 Å². The molecule has 0 saturated carbocycles. The van der Waals surface area contributed by atoms with Gasteiger partial charge in [0.05, 0.1) is 11.1 Å². The zero-order valence-corrected chi connectivity index (χ0v) is 14.9. The molecule has 1 N–H and O–H groups in total. The van der Waals surface area contributed by atoms with Crippen molar-refractivity contribution < 1.29 is 9.53 Å². The van der Waals surface area contributed by atoms with Gasteiger partial charge in [-0.05, 0) is 45.2 Å². The van der Waals surface area contributed by atoms with Gasteiger partial charge in [-0.3, -0.25) is 0 Å². The normalized spacial score (nSPS) is 11.7. The predicted octanol–water partition coefficient (Wildman–Crippen LogP) is 4.31. The van der Waals surface area contributed by atoms with Gasteiger partial charge < -0.3 is 10.1 Å². The molecule has 1 aromatic carbocycles. The number of carbonyl (C=O) groups is 1. The Balaban J connectivity index is 0.00000324. The first-order valence-corrected chi connectivity index (χ1v) is 6.67. The van der Waals surface area contributed by atoms with Crippen LogP contribution in [0, 0.1) is 0 Å². The van der Waals surface area contributed by atoms with E-state index in [4.69, 9.17) is 16.3 Å². The van der Waals surface area contributed by atoms with E-state index in [2.05, 4.69) is 21.2 Å². The second-order valence-corrected chi connectivity index (χ2v) is 5.14. The van der Waals surface area contributed by atoms with Crippen LogP contribution in [-0.2, 0) is 4.74 Å². The first-order valence-electron chi connectivity index (χ1n) is 5.38. The van der Waals surface area contributed by atoms with E-state index in [-0.39, 0.29) is 17.0 Å². The van der Waals surface area contributed by atoms with Crippen molar-refractivity contribution in [1.29, 1.82) is 0 Å². The third kappa shape index (κ3) is 5.26. The summed E-state index contributed by atoms with van der Waals surface area (Å²) in [4.78, 5) is 13.5. The summed E-state index contributed by atoms with van der Waals surface area (Å²) in [5, 5.41) is 3.64. The van der Waals surface area contributed by atoms with Gasteiger partial charge in [0.1, 0.15) is 5.76 Å². The van der Waals surface area contributed by atoms with E-state index in [1.807, 2.05) is 13.8 Å². The summed E-state index contributed by atoms with van der Waals surface area (Å²) in [6.45, 7) is 3.82. The second-order valence-electron chi connectivity index (χ2n) is 4.24. The monoisotopic (exact) mass is 411 g/mol. The molecule has 1 aromatic rings. The van der Waals surface area contributed by atoms with Gasteiger partial charge in [-0.25, -0.2) is 4.79 Å². The van der Waals surface area contributed by atoms with Gasteiger partial charge in [-0.1, -0.05) is 27.5 Å². The molecule has 6 heteroatoms. The lowest BCUT2D eigenvalue weighted by Crippen LogP contribution is -2.39. The van der Waals surface area contributed by atoms with E-state index in [1.54, 1.807) is 36.3 Å². The number of benzene rings is 1. The maximum atomic E-state index is 11.9. The molecule has 0 heterocycles. The van der Waals surface area contributed by atoms with E-state index in [0.717, 1.165) is 0 Å². The summed E-state index contributed by atoms with van der Waals surface area (Å²) in [7, 11) is 1.80. The van der Waals surface area contributed by atoms with Crippen LogP contribution in [0.2, 0.25) is 5.02 Å². The zero-order valence-electron chi connectivity index (χ0n) is 10.9. The van der Waals surface area contributed by atoms with Crippen molar-refractivity contribution in [2.45, 2.75) is 19.4 Å². The van der Waals surface area contributed by atoms with Gasteiger partial charge in [-0.2, -0.15) is 0 Å². The van der Waals surface area contributed by atoms with Crippen molar-refractivity contribution >= 4 is 50.5 Å². The Labute approximate surface area is 137 Å². The Bertz CT molecular complexity index is 458. The number of nitrogens with one attached hydrogen (secondary N) is 1. The molecule has 0 unspecified atom stereocenters. The number of halogens is 3. The van der Waals surface area contributed by atoms with Gasteiger partial charge in [-0.15, -0.1) is 17.0 Å². The van der Waals surface area contributed by atoms with E-state index in [1.165, 1.54) is 0 Å². The molecule has 0 fully saturated rings. The third-order valence-electron chi connectivity index (χ3n) is 2.62. The maximum absolute atomic E-state index is 11.9. The molecule has 0 aliphatic heterocycles. The van der Waals surface area contributed by atoms with Crippen LogP contribution in [0.4, 0.5) is 0 Å². The molecule has 19 heavy (non-hydrogen) atoms. The van der Waals surface area contributed by atoms with E-state index >= 15 is 0 Å². The summed E-state index contributed by atoms with van der Waals surface area (Å²) in [6, 6.07) is 6.56. The van der Waals surface area contributed by atoms with Gasteiger partial charge in [0, 0.05) is 10.0 Å². The highest BCUT2D eigenvalue weighted by Gasteiger charge is 2.25. The highest BCUT2D eigenvalue weighted by atomic mass is 79.9. The SMILES string of the molecule is Br.CNC(C)(C)C(=CBr)OC(=O)c1ccc(Cl)cc1. The summed E-state index contributed by atoms with van der Waals surface area (Å²) in [6.07, 6.45) is 0. The summed E-state index contributed by atoms with van der Waals surface area (Å²) in [5.74, 6) is 0.0886. The Morgan fingerprint density at radius 1 is 1.37 bits per heavy atom. The smallest absolute Gasteiger partial charge is 0.343 e. The van der Waals surface area contributed by atoms with E-state index in [0.29, 0.717) is 16.3 Å². The first kappa shape index (κ1) is 18.6. The lowest BCUT2D eigenvalue weighted by atomic mass is 10.0. The molecule has 106 valence electrons. The van der Waals surface area contributed by atoms with Gasteiger partial charge in [0.2, 0.25) is 0 Å². The number of carbonyl (C=O) groups excluding carboxylic acids is 1. The molecule has 0 aromatic heterocycles. The summed E-state index contributed by atoms with van der Waals surface area (Å²) < 4.78 is 5.35. The number of hydrogen-bond acceptors (Lipinski definition) is 3. The Morgan fingerprint density at radius 2 is 1.89 bits per heavy atom. The minimum absolute atomic E-state index is 0. The molecule has 0 atom stereocenters. The van der Waals surface area contributed by atoms with Crippen molar-refractivity contribution in [3.05, 3.63) is 45.6 Å². The fourth-order valence-corrected chi connectivity index (χ4v) is 1.95. The van der Waals surface area contributed by atoms with Crippen LogP contribution in [0.15, 0.2) is 35.0 Å². The number of ether oxygens (including phenoxy) is 1. The molecule has 0 amide bonds. The average Bonchev–Trinajstić information content (AvgIpc) is 2.36. The lowest BCUT2D eigenvalue weighted by Gasteiger charge is -2.26. The fraction of sp³-hybridized carbons (Fsp3) is 0.308. The standard InChI is InChI=1S/C13H15BrClNO2.BrH/c1-13(2,16-3)11(8-14)18-12(17)9-4-6-10(15)7-5-9;/h4-8,16H,1-3H3;1H. The quantitative estimate of drug-likeness (QED) is 0.591. The van der Waals surface area contributed by atoms with E-state index < -0.39 is 11.5 Å². The molecule has 0 aliphatic carbocycles. The van der Waals surface area contributed by atoms with E-state index in [9.17, 15) is 4.79 Å². The highest BCUT2D eigenvalue weighted by Crippen LogP contribution is 2.20. The zero-order chi connectivity index (χ0) is 13.8. The summed E-state index contributed by atoms with van der Waals surface area (Å²) in [5.41, 5.74) is 0.0177. The van der Waals surface area contributed by atoms with Crippen molar-refractivity contribution in [2.75, 3.05) is 7.05 Å². The lowest BCUT2D eigenvalue weighted by molar-refractivity contribution is 0.0575. The molecule has 0 radical (unpaired) electrons. The second kappa shape index (κ2) is 8.04. The third-order valence-corrected chi connectivity index (χ3v) is 3.29. The first-order chi connectivity index (χ1) is 8.40. The van der Waals surface area contributed by atoms with Gasteiger partial charge in [0.25, 0.3) is 0 Å². The molecular formula is C13H16Br2ClNO2. The van der Waals surface area contributed by atoms with Crippen LogP contribution in [0.5, 0.6) is 0 Å². The van der Waals surface area contributed by atoms with Crippen molar-refractivity contribution in [2.24, 2.45) is 0 Å². The molecule has 0 aliphatic rings. The number of esters is 1. The molecule has 1 rings (SSSR count). The topological polar surface area (TPSA) is 38.3 Å². The van der Waals surface area contributed by atoms with Crippen LogP contribution in [-0.4, -0.2) is 18.6 Å². The van der Waals surface area contributed by atoms with Crippen molar-refractivity contribution in [1.82, 2.24) is 5.32 Å². The van der Waals surface area contributed by atoms with Crippen LogP contribution >= 0.6 is 44.5 Å². The Hall–Kier alpha value is -0.360. The van der Waals surface area contributed by atoms with Crippen LogP contribution < -0.4 is 5.32 Å². The van der Waals surface area contributed by atoms with Crippen molar-refractivity contribution in [3.8, 4) is 0 Å².